The van der Waals surface area contributed by atoms with E-state index in [0.717, 1.165) is 32.5 Å². The number of likely N-dealkylation sites (N-methyl/N-ethyl adjacent to an activating group) is 1. The van der Waals surface area contributed by atoms with Crippen LogP contribution in [0.2, 0.25) is 0 Å². The van der Waals surface area contributed by atoms with Crippen LogP contribution in [0.1, 0.15) is 31.7 Å². The molecule has 0 aromatic heterocycles. The minimum absolute atomic E-state index is 0.000583. The molecule has 2 N–H and O–H groups in total. The average Bonchev–Trinajstić information content (AvgIpc) is 2.48. The van der Waals surface area contributed by atoms with E-state index in [4.69, 9.17) is 0 Å². The Hall–Kier alpha value is -1.39. The molecule has 1 aliphatic rings. The van der Waals surface area contributed by atoms with E-state index in [2.05, 4.69) is 53.8 Å². The van der Waals surface area contributed by atoms with Crippen LogP contribution in [0.4, 0.5) is 0 Å². The molecule has 1 saturated heterocycles. The summed E-state index contributed by atoms with van der Waals surface area (Å²) in [5.41, 5.74) is 1.30. The first-order valence-corrected chi connectivity index (χ1v) is 7.91. The van der Waals surface area contributed by atoms with E-state index in [1.165, 1.54) is 12.0 Å². The highest BCUT2D eigenvalue weighted by Crippen LogP contribution is 2.07. The van der Waals surface area contributed by atoms with Crippen LogP contribution in [0.3, 0.4) is 0 Å². The monoisotopic (exact) mass is 289 g/mol. The van der Waals surface area contributed by atoms with Crippen LogP contribution < -0.4 is 10.6 Å². The molecule has 0 bridgehead atoms. The lowest BCUT2D eigenvalue weighted by Crippen LogP contribution is -2.50. The van der Waals surface area contributed by atoms with Gasteiger partial charge in [0.1, 0.15) is 0 Å². The second-order valence-electron chi connectivity index (χ2n) is 6.09. The van der Waals surface area contributed by atoms with Crippen LogP contribution in [0.25, 0.3) is 0 Å². The fourth-order valence-corrected chi connectivity index (χ4v) is 2.89. The number of rotatable bonds is 6. The lowest BCUT2D eigenvalue weighted by molar-refractivity contribution is -0.124. The Labute approximate surface area is 127 Å². The average molecular weight is 289 g/mol. The summed E-state index contributed by atoms with van der Waals surface area (Å²) in [5, 5.41) is 6.41. The van der Waals surface area contributed by atoms with Crippen LogP contribution in [0, 0.1) is 0 Å². The largest absolute Gasteiger partial charge is 0.351 e. The number of piperidine rings is 1. The highest BCUT2D eigenvalue weighted by molar-refractivity contribution is 5.82. The summed E-state index contributed by atoms with van der Waals surface area (Å²) in [5.74, 6) is 0.148. The molecule has 1 aromatic rings. The first-order chi connectivity index (χ1) is 10.1. The van der Waals surface area contributed by atoms with Gasteiger partial charge < -0.3 is 15.5 Å². The number of carbonyl (C=O) groups is 1. The van der Waals surface area contributed by atoms with Gasteiger partial charge in [0.15, 0.2) is 0 Å². The van der Waals surface area contributed by atoms with E-state index in [1.807, 2.05) is 6.07 Å². The van der Waals surface area contributed by atoms with E-state index in [1.54, 1.807) is 0 Å². The van der Waals surface area contributed by atoms with Crippen molar-refractivity contribution in [3.8, 4) is 0 Å². The number of benzene rings is 1. The van der Waals surface area contributed by atoms with E-state index in [-0.39, 0.29) is 18.0 Å². The number of amides is 1. The van der Waals surface area contributed by atoms with Crippen LogP contribution in [-0.4, -0.2) is 43.0 Å². The molecule has 1 aromatic carbocycles. The van der Waals surface area contributed by atoms with E-state index >= 15 is 0 Å². The van der Waals surface area contributed by atoms with Crippen molar-refractivity contribution in [2.75, 3.05) is 20.1 Å². The number of hydrogen-bond donors (Lipinski definition) is 2. The molecule has 0 aliphatic carbocycles. The molecule has 0 saturated carbocycles. The Morgan fingerprint density at radius 3 is 2.81 bits per heavy atom. The quantitative estimate of drug-likeness (QED) is 0.839. The Bertz CT molecular complexity index is 429. The standard InChI is InChI=1S/C17H27N3O/c1-14(19-17(21)16-10-6-7-11-18-16)12-20(2)13-15-8-4-3-5-9-15/h3-5,8-9,14,16,18H,6-7,10-13H2,1-2H3,(H,19,21). The number of nitrogens with zero attached hydrogens (tertiary/aromatic N) is 1. The molecule has 2 atom stereocenters. The van der Waals surface area contributed by atoms with Gasteiger partial charge >= 0.3 is 0 Å². The molecule has 0 radical (unpaired) electrons. The molecule has 1 amide bonds. The van der Waals surface area contributed by atoms with Gasteiger partial charge in [-0.1, -0.05) is 36.8 Å². The van der Waals surface area contributed by atoms with Gasteiger partial charge in [0.2, 0.25) is 5.91 Å². The molecule has 116 valence electrons. The van der Waals surface area contributed by atoms with Crippen molar-refractivity contribution >= 4 is 5.91 Å². The predicted octanol–water partition coefficient (Wildman–Crippen LogP) is 1.77. The van der Waals surface area contributed by atoms with E-state index < -0.39 is 0 Å². The molecule has 21 heavy (non-hydrogen) atoms. The van der Waals surface area contributed by atoms with Gasteiger partial charge in [-0.05, 0) is 38.9 Å². The summed E-state index contributed by atoms with van der Waals surface area (Å²) in [6.07, 6.45) is 3.28. The maximum Gasteiger partial charge on any atom is 0.237 e. The lowest BCUT2D eigenvalue weighted by atomic mass is 10.0. The third-order valence-electron chi connectivity index (χ3n) is 3.90. The number of hydrogen-bond acceptors (Lipinski definition) is 3. The second kappa shape index (κ2) is 8.15. The highest BCUT2D eigenvalue weighted by atomic mass is 16.2. The molecular weight excluding hydrogens is 262 g/mol. The van der Waals surface area contributed by atoms with Gasteiger partial charge in [-0.3, -0.25) is 4.79 Å². The molecule has 4 nitrogen and oxygen atoms in total. The fourth-order valence-electron chi connectivity index (χ4n) is 2.89. The topological polar surface area (TPSA) is 44.4 Å². The Kier molecular flexibility index (Phi) is 6.21. The molecule has 1 aliphatic heterocycles. The maximum atomic E-state index is 12.2. The smallest absolute Gasteiger partial charge is 0.237 e. The molecule has 1 heterocycles. The molecule has 2 unspecified atom stereocenters. The van der Waals surface area contributed by atoms with Crippen molar-refractivity contribution in [1.82, 2.24) is 15.5 Å². The Balaban J connectivity index is 1.73. The van der Waals surface area contributed by atoms with E-state index in [9.17, 15) is 4.79 Å². The first kappa shape index (κ1) is 16.0. The second-order valence-corrected chi connectivity index (χ2v) is 6.09. The van der Waals surface area contributed by atoms with Gasteiger partial charge in [0.05, 0.1) is 6.04 Å². The van der Waals surface area contributed by atoms with Gasteiger partial charge in [0, 0.05) is 19.1 Å². The maximum absolute atomic E-state index is 12.2. The third-order valence-corrected chi connectivity index (χ3v) is 3.90. The van der Waals surface area contributed by atoms with Gasteiger partial charge in [-0.2, -0.15) is 0 Å². The number of carbonyl (C=O) groups excluding carboxylic acids is 1. The van der Waals surface area contributed by atoms with Crippen molar-refractivity contribution in [1.29, 1.82) is 0 Å². The SMILES string of the molecule is CC(CN(C)Cc1ccccc1)NC(=O)C1CCCCN1. The highest BCUT2D eigenvalue weighted by Gasteiger charge is 2.21. The zero-order chi connectivity index (χ0) is 15.1. The predicted molar refractivity (Wildman–Crippen MR) is 86.0 cm³/mol. The van der Waals surface area contributed by atoms with Gasteiger partial charge in [-0.15, -0.1) is 0 Å². The van der Waals surface area contributed by atoms with Crippen LogP contribution >= 0.6 is 0 Å². The zero-order valence-corrected chi connectivity index (χ0v) is 13.1. The molecule has 2 rings (SSSR count). The molecule has 1 fully saturated rings. The summed E-state index contributed by atoms with van der Waals surface area (Å²) in [7, 11) is 2.09. The van der Waals surface area contributed by atoms with E-state index in [0.29, 0.717) is 0 Å². The zero-order valence-electron chi connectivity index (χ0n) is 13.1. The number of nitrogens with one attached hydrogen (secondary N) is 2. The van der Waals surface area contributed by atoms with Crippen LogP contribution in [0.5, 0.6) is 0 Å². The van der Waals surface area contributed by atoms with Gasteiger partial charge in [0.25, 0.3) is 0 Å². The van der Waals surface area contributed by atoms with Crippen molar-refractivity contribution in [2.45, 2.75) is 44.8 Å². The molecular formula is C17H27N3O. The fraction of sp³-hybridized carbons (Fsp3) is 0.588. The molecule has 0 spiro atoms. The lowest BCUT2D eigenvalue weighted by Gasteiger charge is -2.26. The third kappa shape index (κ3) is 5.48. The summed E-state index contributed by atoms with van der Waals surface area (Å²) in [4.78, 5) is 14.4. The summed E-state index contributed by atoms with van der Waals surface area (Å²) in [6.45, 7) is 4.79. The van der Waals surface area contributed by atoms with Crippen molar-refractivity contribution < 1.29 is 4.79 Å². The Morgan fingerprint density at radius 1 is 1.38 bits per heavy atom. The minimum atomic E-state index is 0.000583. The summed E-state index contributed by atoms with van der Waals surface area (Å²) >= 11 is 0. The summed E-state index contributed by atoms with van der Waals surface area (Å²) in [6, 6.07) is 10.6. The van der Waals surface area contributed by atoms with Crippen molar-refractivity contribution in [3.63, 3.8) is 0 Å². The Morgan fingerprint density at radius 2 is 2.14 bits per heavy atom. The minimum Gasteiger partial charge on any atom is -0.351 e. The van der Waals surface area contributed by atoms with Crippen LogP contribution in [-0.2, 0) is 11.3 Å². The normalized spacial score (nSPS) is 20.2. The first-order valence-electron chi connectivity index (χ1n) is 7.91. The summed E-state index contributed by atoms with van der Waals surface area (Å²) < 4.78 is 0. The van der Waals surface area contributed by atoms with Gasteiger partial charge in [-0.25, -0.2) is 0 Å². The van der Waals surface area contributed by atoms with Crippen molar-refractivity contribution in [2.24, 2.45) is 0 Å². The van der Waals surface area contributed by atoms with Crippen molar-refractivity contribution in [3.05, 3.63) is 35.9 Å². The van der Waals surface area contributed by atoms with Crippen LogP contribution in [0.15, 0.2) is 30.3 Å². The molecule has 4 heteroatoms.